The van der Waals surface area contributed by atoms with Crippen LogP contribution >= 0.6 is 11.8 Å². The number of aromatic nitrogens is 2. The van der Waals surface area contributed by atoms with E-state index in [1.54, 1.807) is 6.92 Å². The normalized spacial score (nSPS) is 21.3. The summed E-state index contributed by atoms with van der Waals surface area (Å²) in [5, 5.41) is 7.32. The summed E-state index contributed by atoms with van der Waals surface area (Å²) < 4.78 is 5.00. The molecule has 1 fully saturated rings. The number of hydrogen-bond donors (Lipinski definition) is 1. The van der Waals surface area contributed by atoms with Crippen LogP contribution in [0, 0.1) is 6.92 Å². The first-order valence-electron chi connectivity index (χ1n) is 7.64. The van der Waals surface area contributed by atoms with E-state index < -0.39 is 0 Å². The zero-order valence-electron chi connectivity index (χ0n) is 13.4. The number of nitrogens with one attached hydrogen (secondary N) is 1. The number of nitrogens with zero attached hydrogens (tertiary/aromatic N) is 3. The van der Waals surface area contributed by atoms with Crippen molar-refractivity contribution in [2.24, 2.45) is 0 Å². The Balaban J connectivity index is 1.74. The standard InChI is InChI=1S/C16H20N4O2S/c1-10-11(2)23-8-7-20(10)16(21)18-14-6-4-5-13(9-14)15-17-12(3)22-19-15/h4-6,9-11H,7-8H2,1-3H3,(H,18,21)/t10-,11-/m1/s1. The molecule has 1 aliphatic heterocycles. The Morgan fingerprint density at radius 3 is 3.00 bits per heavy atom. The molecule has 1 aromatic carbocycles. The second kappa shape index (κ2) is 6.62. The summed E-state index contributed by atoms with van der Waals surface area (Å²) in [6, 6.07) is 7.63. The molecule has 0 radical (unpaired) electrons. The minimum atomic E-state index is -0.0638. The lowest BCUT2D eigenvalue weighted by molar-refractivity contribution is 0.194. The van der Waals surface area contributed by atoms with Crippen molar-refractivity contribution in [3.63, 3.8) is 0 Å². The topological polar surface area (TPSA) is 71.3 Å². The molecule has 6 nitrogen and oxygen atoms in total. The minimum absolute atomic E-state index is 0.0638. The number of thioether (sulfide) groups is 1. The molecular weight excluding hydrogens is 312 g/mol. The third-order valence-corrected chi connectivity index (χ3v) is 5.38. The molecule has 0 aliphatic carbocycles. The number of carbonyl (C=O) groups is 1. The van der Waals surface area contributed by atoms with Gasteiger partial charge in [-0.2, -0.15) is 16.7 Å². The van der Waals surface area contributed by atoms with Gasteiger partial charge in [0.25, 0.3) is 0 Å². The van der Waals surface area contributed by atoms with Crippen molar-refractivity contribution in [2.45, 2.75) is 32.1 Å². The highest BCUT2D eigenvalue weighted by molar-refractivity contribution is 8.00. The Bertz CT molecular complexity index is 703. The van der Waals surface area contributed by atoms with E-state index in [9.17, 15) is 4.79 Å². The van der Waals surface area contributed by atoms with E-state index >= 15 is 0 Å². The molecule has 1 N–H and O–H groups in total. The zero-order chi connectivity index (χ0) is 16.4. The number of hydrogen-bond acceptors (Lipinski definition) is 5. The van der Waals surface area contributed by atoms with Crippen LogP contribution in [0.15, 0.2) is 28.8 Å². The highest BCUT2D eigenvalue weighted by Crippen LogP contribution is 2.25. The minimum Gasteiger partial charge on any atom is -0.339 e. The summed E-state index contributed by atoms with van der Waals surface area (Å²) in [4.78, 5) is 18.6. The fraction of sp³-hybridized carbons (Fsp3) is 0.438. The van der Waals surface area contributed by atoms with Gasteiger partial charge in [0, 0.05) is 41.8 Å². The SMILES string of the molecule is Cc1nc(-c2cccc(NC(=O)N3CCS[C@H](C)[C@H]3C)c2)no1. The van der Waals surface area contributed by atoms with Crippen LogP contribution < -0.4 is 5.32 Å². The quantitative estimate of drug-likeness (QED) is 0.912. The van der Waals surface area contributed by atoms with Crippen molar-refractivity contribution in [1.29, 1.82) is 0 Å². The second-order valence-electron chi connectivity index (χ2n) is 5.66. The van der Waals surface area contributed by atoms with E-state index in [4.69, 9.17) is 4.52 Å². The van der Waals surface area contributed by atoms with E-state index in [0.29, 0.717) is 17.0 Å². The third kappa shape index (κ3) is 3.50. The van der Waals surface area contributed by atoms with Gasteiger partial charge in [0.05, 0.1) is 0 Å². The first-order valence-corrected chi connectivity index (χ1v) is 8.69. The number of rotatable bonds is 2. The van der Waals surface area contributed by atoms with Crippen LogP contribution in [0.5, 0.6) is 0 Å². The van der Waals surface area contributed by atoms with Crippen molar-refractivity contribution in [3.8, 4) is 11.4 Å². The molecule has 2 atom stereocenters. The Morgan fingerprint density at radius 2 is 2.26 bits per heavy atom. The average molecular weight is 332 g/mol. The van der Waals surface area contributed by atoms with Crippen molar-refractivity contribution in [3.05, 3.63) is 30.2 Å². The Kier molecular flexibility index (Phi) is 4.56. The predicted molar refractivity (Wildman–Crippen MR) is 91.6 cm³/mol. The molecule has 1 aliphatic rings. The van der Waals surface area contributed by atoms with E-state index in [2.05, 4.69) is 29.3 Å². The first-order chi connectivity index (χ1) is 11.0. The van der Waals surface area contributed by atoms with Gasteiger partial charge in [0.2, 0.25) is 11.7 Å². The van der Waals surface area contributed by atoms with Crippen molar-refractivity contribution >= 4 is 23.5 Å². The maximum Gasteiger partial charge on any atom is 0.322 e. The summed E-state index contributed by atoms with van der Waals surface area (Å²) in [5.41, 5.74) is 1.54. The maximum atomic E-state index is 12.5. The molecule has 23 heavy (non-hydrogen) atoms. The highest BCUT2D eigenvalue weighted by Gasteiger charge is 2.28. The predicted octanol–water partition coefficient (Wildman–Crippen LogP) is 3.40. The van der Waals surface area contributed by atoms with Gasteiger partial charge < -0.3 is 14.7 Å². The molecule has 1 aromatic heterocycles. The molecular formula is C16H20N4O2S. The van der Waals surface area contributed by atoms with E-state index in [1.807, 2.05) is 40.9 Å². The largest absolute Gasteiger partial charge is 0.339 e. The van der Waals surface area contributed by atoms with E-state index in [-0.39, 0.29) is 12.1 Å². The smallest absolute Gasteiger partial charge is 0.322 e. The fourth-order valence-corrected chi connectivity index (χ4v) is 3.67. The molecule has 0 spiro atoms. The average Bonchev–Trinajstić information content (AvgIpc) is 2.97. The van der Waals surface area contributed by atoms with Gasteiger partial charge in [0.1, 0.15) is 0 Å². The molecule has 0 bridgehead atoms. The maximum absolute atomic E-state index is 12.5. The number of carbonyl (C=O) groups excluding carboxylic acids is 1. The van der Waals surface area contributed by atoms with Gasteiger partial charge in [-0.1, -0.05) is 24.2 Å². The van der Waals surface area contributed by atoms with Crippen LogP contribution in [0.2, 0.25) is 0 Å². The van der Waals surface area contributed by atoms with Crippen LogP contribution in [0.25, 0.3) is 11.4 Å². The lowest BCUT2D eigenvalue weighted by atomic mass is 10.2. The monoisotopic (exact) mass is 332 g/mol. The number of amides is 2. The summed E-state index contributed by atoms with van der Waals surface area (Å²) in [7, 11) is 0. The van der Waals surface area contributed by atoms with Crippen molar-refractivity contribution in [2.75, 3.05) is 17.6 Å². The van der Waals surface area contributed by atoms with Gasteiger partial charge in [-0.15, -0.1) is 0 Å². The van der Waals surface area contributed by atoms with Gasteiger partial charge in [-0.25, -0.2) is 4.79 Å². The second-order valence-corrected chi connectivity index (χ2v) is 7.14. The molecule has 2 aromatic rings. The molecule has 1 saturated heterocycles. The summed E-state index contributed by atoms with van der Waals surface area (Å²) >= 11 is 1.91. The molecule has 2 heterocycles. The number of urea groups is 1. The molecule has 0 saturated carbocycles. The molecule has 0 unspecified atom stereocenters. The Labute approximate surface area is 139 Å². The lowest BCUT2D eigenvalue weighted by Crippen LogP contribution is -2.49. The van der Waals surface area contributed by atoms with Crippen LogP contribution in [-0.4, -0.2) is 44.7 Å². The summed E-state index contributed by atoms with van der Waals surface area (Å²) in [6.07, 6.45) is 0. The van der Waals surface area contributed by atoms with Crippen molar-refractivity contribution in [1.82, 2.24) is 15.0 Å². The summed E-state index contributed by atoms with van der Waals surface area (Å²) in [5.74, 6) is 2.01. The van der Waals surface area contributed by atoms with Gasteiger partial charge in [0.15, 0.2) is 0 Å². The lowest BCUT2D eigenvalue weighted by Gasteiger charge is -2.37. The van der Waals surface area contributed by atoms with Crippen LogP contribution in [0.1, 0.15) is 19.7 Å². The first kappa shape index (κ1) is 15.9. The van der Waals surface area contributed by atoms with Gasteiger partial charge in [-0.3, -0.25) is 0 Å². The summed E-state index contributed by atoms with van der Waals surface area (Å²) in [6.45, 7) is 6.77. The molecule has 3 rings (SSSR count). The third-order valence-electron chi connectivity index (χ3n) is 4.04. The highest BCUT2D eigenvalue weighted by atomic mass is 32.2. The number of anilines is 1. The van der Waals surface area contributed by atoms with Gasteiger partial charge in [-0.05, 0) is 19.1 Å². The van der Waals surface area contributed by atoms with Crippen LogP contribution in [-0.2, 0) is 0 Å². The zero-order valence-corrected chi connectivity index (χ0v) is 14.3. The van der Waals surface area contributed by atoms with Crippen molar-refractivity contribution < 1.29 is 9.32 Å². The van der Waals surface area contributed by atoms with Gasteiger partial charge >= 0.3 is 6.03 Å². The fourth-order valence-electron chi connectivity index (χ4n) is 2.57. The Hall–Kier alpha value is -2.02. The van der Waals surface area contributed by atoms with Crippen LogP contribution in [0.3, 0.4) is 0 Å². The van der Waals surface area contributed by atoms with Crippen LogP contribution in [0.4, 0.5) is 10.5 Å². The molecule has 7 heteroatoms. The number of aryl methyl sites for hydroxylation is 1. The van der Waals surface area contributed by atoms with E-state index in [0.717, 1.165) is 23.5 Å². The Morgan fingerprint density at radius 1 is 1.43 bits per heavy atom. The molecule has 122 valence electrons. The number of benzene rings is 1. The van der Waals surface area contributed by atoms with E-state index in [1.165, 1.54) is 0 Å². The molecule has 2 amide bonds.